The van der Waals surface area contributed by atoms with Crippen LogP contribution in [0, 0.1) is 5.92 Å². The molecule has 4 heteroatoms. The number of nitrogens with zero attached hydrogens (tertiary/aromatic N) is 3. The highest BCUT2D eigenvalue weighted by Gasteiger charge is 2.32. The first-order valence-corrected chi connectivity index (χ1v) is 6.40. The smallest absolute Gasteiger partial charge is 0.229 e. The summed E-state index contributed by atoms with van der Waals surface area (Å²) in [6.45, 7) is 0. The van der Waals surface area contributed by atoms with Gasteiger partial charge in [-0.15, -0.1) is 0 Å². The first kappa shape index (κ1) is 11.8. The summed E-state index contributed by atoms with van der Waals surface area (Å²) in [6, 6.07) is 7.63. The first-order valence-electron chi connectivity index (χ1n) is 6.40. The van der Waals surface area contributed by atoms with Crippen LogP contribution in [-0.4, -0.2) is 22.9 Å². The quantitative estimate of drug-likeness (QED) is 0.844. The van der Waals surface area contributed by atoms with Gasteiger partial charge in [0, 0.05) is 42.8 Å². The van der Waals surface area contributed by atoms with E-state index in [1.54, 1.807) is 23.5 Å². The van der Waals surface area contributed by atoms with Crippen LogP contribution in [0.4, 0.5) is 5.69 Å². The topological polar surface area (TPSA) is 46.1 Å². The molecule has 0 saturated heterocycles. The molecule has 1 fully saturated rings. The fourth-order valence-corrected chi connectivity index (χ4v) is 2.03. The lowest BCUT2D eigenvalue weighted by Gasteiger charge is -2.17. The maximum Gasteiger partial charge on any atom is 0.229 e. The van der Waals surface area contributed by atoms with Crippen LogP contribution in [0.25, 0.3) is 11.3 Å². The Labute approximate surface area is 112 Å². The summed E-state index contributed by atoms with van der Waals surface area (Å²) >= 11 is 0. The molecule has 1 aliphatic rings. The van der Waals surface area contributed by atoms with Crippen molar-refractivity contribution in [2.45, 2.75) is 12.8 Å². The summed E-state index contributed by atoms with van der Waals surface area (Å²) in [5.74, 6) is 0.420. The van der Waals surface area contributed by atoms with Gasteiger partial charge in [-0.25, -0.2) is 0 Å². The Kier molecular flexibility index (Phi) is 2.99. The molecular weight excluding hydrogens is 238 g/mol. The second-order valence-corrected chi connectivity index (χ2v) is 4.81. The normalized spacial score (nSPS) is 14.2. The van der Waals surface area contributed by atoms with Crippen LogP contribution in [-0.2, 0) is 4.79 Å². The molecule has 0 aliphatic heterocycles. The Balaban J connectivity index is 1.89. The summed E-state index contributed by atoms with van der Waals surface area (Å²) in [5.41, 5.74) is 2.67. The van der Waals surface area contributed by atoms with E-state index in [0.29, 0.717) is 0 Å². The summed E-state index contributed by atoms with van der Waals surface area (Å²) in [7, 11) is 1.82. The van der Waals surface area contributed by atoms with Gasteiger partial charge in [-0.1, -0.05) is 0 Å². The van der Waals surface area contributed by atoms with Gasteiger partial charge in [-0.3, -0.25) is 14.8 Å². The molecule has 2 heterocycles. The second kappa shape index (κ2) is 4.80. The van der Waals surface area contributed by atoms with E-state index in [1.165, 1.54) is 0 Å². The van der Waals surface area contributed by atoms with E-state index in [9.17, 15) is 4.79 Å². The Morgan fingerprint density at radius 3 is 2.84 bits per heavy atom. The number of aromatic nitrogens is 2. The van der Waals surface area contributed by atoms with Gasteiger partial charge in [0.05, 0.1) is 5.69 Å². The van der Waals surface area contributed by atoms with Gasteiger partial charge in [-0.05, 0) is 37.1 Å². The molecule has 2 aromatic heterocycles. The van der Waals surface area contributed by atoms with Crippen LogP contribution >= 0.6 is 0 Å². The van der Waals surface area contributed by atoms with Crippen molar-refractivity contribution in [3.63, 3.8) is 0 Å². The molecule has 1 aliphatic carbocycles. The Morgan fingerprint density at radius 2 is 2.16 bits per heavy atom. The van der Waals surface area contributed by atoms with Gasteiger partial charge in [-0.2, -0.15) is 0 Å². The molecular formula is C15H15N3O. The lowest BCUT2D eigenvalue weighted by atomic mass is 10.1. The van der Waals surface area contributed by atoms with E-state index in [4.69, 9.17) is 0 Å². The highest BCUT2D eigenvalue weighted by atomic mass is 16.2. The monoisotopic (exact) mass is 253 g/mol. The maximum atomic E-state index is 12.0. The summed E-state index contributed by atoms with van der Waals surface area (Å²) < 4.78 is 0. The fraction of sp³-hybridized carbons (Fsp3) is 0.267. The largest absolute Gasteiger partial charge is 0.315 e. The third-order valence-corrected chi connectivity index (χ3v) is 3.35. The van der Waals surface area contributed by atoms with E-state index in [2.05, 4.69) is 9.97 Å². The molecule has 0 unspecified atom stereocenters. The Morgan fingerprint density at radius 1 is 1.32 bits per heavy atom. The van der Waals surface area contributed by atoms with Gasteiger partial charge in [0.1, 0.15) is 0 Å². The first-order chi connectivity index (χ1) is 9.25. The minimum Gasteiger partial charge on any atom is -0.315 e. The van der Waals surface area contributed by atoms with Crippen molar-refractivity contribution in [3.05, 3.63) is 42.9 Å². The zero-order valence-corrected chi connectivity index (χ0v) is 10.8. The van der Waals surface area contributed by atoms with Crippen molar-refractivity contribution in [2.24, 2.45) is 5.92 Å². The Hall–Kier alpha value is -2.23. The van der Waals surface area contributed by atoms with Crippen LogP contribution in [0.2, 0.25) is 0 Å². The van der Waals surface area contributed by atoms with Crippen LogP contribution in [0.1, 0.15) is 12.8 Å². The number of carbonyl (C=O) groups is 1. The number of hydrogen-bond donors (Lipinski definition) is 0. The lowest BCUT2D eigenvalue weighted by molar-refractivity contribution is -0.119. The number of rotatable bonds is 3. The number of anilines is 1. The minimum atomic E-state index is 0.198. The third kappa shape index (κ3) is 2.47. The van der Waals surface area contributed by atoms with Crippen LogP contribution < -0.4 is 4.90 Å². The average molecular weight is 253 g/mol. The van der Waals surface area contributed by atoms with Crippen LogP contribution in [0.15, 0.2) is 42.9 Å². The number of hydrogen-bond acceptors (Lipinski definition) is 3. The SMILES string of the molecule is CN(C(=O)C1CC1)c1ccnc(-c2cccnc2)c1. The van der Waals surface area contributed by atoms with Crippen molar-refractivity contribution in [1.29, 1.82) is 0 Å². The molecule has 0 spiro atoms. The fourth-order valence-electron chi connectivity index (χ4n) is 2.03. The number of carbonyl (C=O) groups excluding carboxylic acids is 1. The maximum absolute atomic E-state index is 12.0. The highest BCUT2D eigenvalue weighted by Crippen LogP contribution is 2.32. The predicted octanol–water partition coefficient (Wildman–Crippen LogP) is 2.52. The van der Waals surface area contributed by atoms with Gasteiger partial charge in [0.2, 0.25) is 5.91 Å². The van der Waals surface area contributed by atoms with Crippen molar-refractivity contribution in [3.8, 4) is 11.3 Å². The molecule has 3 rings (SSSR count). The second-order valence-electron chi connectivity index (χ2n) is 4.81. The third-order valence-electron chi connectivity index (χ3n) is 3.35. The summed E-state index contributed by atoms with van der Waals surface area (Å²) in [4.78, 5) is 22.2. The molecule has 1 amide bonds. The molecule has 96 valence electrons. The highest BCUT2D eigenvalue weighted by molar-refractivity contribution is 5.96. The van der Waals surface area contributed by atoms with Gasteiger partial charge in [0.15, 0.2) is 0 Å². The van der Waals surface area contributed by atoms with E-state index in [-0.39, 0.29) is 11.8 Å². The minimum absolute atomic E-state index is 0.198. The molecule has 1 saturated carbocycles. The number of pyridine rings is 2. The van der Waals surface area contributed by atoms with Crippen LogP contribution in [0.3, 0.4) is 0 Å². The standard InChI is InChI=1S/C15H15N3O/c1-18(15(19)11-4-5-11)13-6-8-17-14(9-13)12-3-2-7-16-10-12/h2-3,6-11H,4-5H2,1H3. The average Bonchev–Trinajstić information content (AvgIpc) is 3.31. The molecule has 0 aromatic carbocycles. The van der Waals surface area contributed by atoms with Gasteiger partial charge in [0.25, 0.3) is 0 Å². The molecule has 19 heavy (non-hydrogen) atoms. The van der Waals surface area contributed by atoms with Crippen molar-refractivity contribution in [1.82, 2.24) is 9.97 Å². The van der Waals surface area contributed by atoms with Crippen molar-refractivity contribution < 1.29 is 4.79 Å². The van der Waals surface area contributed by atoms with E-state index in [1.807, 2.05) is 31.3 Å². The molecule has 0 atom stereocenters. The van der Waals surface area contributed by atoms with E-state index in [0.717, 1.165) is 29.8 Å². The van der Waals surface area contributed by atoms with Crippen molar-refractivity contribution in [2.75, 3.05) is 11.9 Å². The number of amides is 1. The molecule has 0 bridgehead atoms. The molecule has 4 nitrogen and oxygen atoms in total. The lowest BCUT2D eigenvalue weighted by Crippen LogP contribution is -2.27. The zero-order valence-electron chi connectivity index (χ0n) is 10.8. The van der Waals surface area contributed by atoms with E-state index >= 15 is 0 Å². The summed E-state index contributed by atoms with van der Waals surface area (Å²) in [6.07, 6.45) is 7.27. The van der Waals surface area contributed by atoms with Crippen molar-refractivity contribution >= 4 is 11.6 Å². The zero-order chi connectivity index (χ0) is 13.2. The van der Waals surface area contributed by atoms with Gasteiger partial charge < -0.3 is 4.90 Å². The van der Waals surface area contributed by atoms with E-state index < -0.39 is 0 Å². The predicted molar refractivity (Wildman–Crippen MR) is 73.6 cm³/mol. The molecule has 0 N–H and O–H groups in total. The molecule has 2 aromatic rings. The Bertz CT molecular complexity index is 593. The molecule has 0 radical (unpaired) electrons. The van der Waals surface area contributed by atoms with Gasteiger partial charge >= 0.3 is 0 Å². The summed E-state index contributed by atoms with van der Waals surface area (Å²) in [5, 5.41) is 0. The van der Waals surface area contributed by atoms with Crippen LogP contribution in [0.5, 0.6) is 0 Å².